The number of nitrogens with zero attached hydrogens (tertiary/aromatic N) is 6. The van der Waals surface area contributed by atoms with Gasteiger partial charge >= 0.3 is 12.0 Å². The molecular weight excluding hydrogens is 543 g/mol. The summed E-state index contributed by atoms with van der Waals surface area (Å²) in [4.78, 5) is 31.8. The van der Waals surface area contributed by atoms with Crippen LogP contribution in [0.4, 0.5) is 15.0 Å². The van der Waals surface area contributed by atoms with Gasteiger partial charge in [0.1, 0.15) is 17.6 Å². The largest absolute Gasteiger partial charge is 0.461 e. The van der Waals surface area contributed by atoms with E-state index in [-0.39, 0.29) is 12.1 Å². The average Bonchev–Trinajstić information content (AvgIpc) is 3.53. The third-order valence-corrected chi connectivity index (χ3v) is 6.57. The number of hydrogen-bond donors (Lipinski definition) is 2. The van der Waals surface area contributed by atoms with Crippen molar-refractivity contribution in [3.8, 4) is 23.0 Å². The van der Waals surface area contributed by atoms with Crippen LogP contribution < -0.4 is 15.4 Å². The molecule has 4 aromatic rings. The number of para-hydroxylation sites is 1. The number of ether oxygens (including phenoxy) is 2. The Kier molecular flexibility index (Phi) is 9.00. The number of rotatable bonds is 10. The second-order valence-electron chi connectivity index (χ2n) is 10.0. The van der Waals surface area contributed by atoms with Gasteiger partial charge in [-0.25, -0.2) is 24.4 Å². The second-order valence-corrected chi connectivity index (χ2v) is 10.0. The zero-order chi connectivity index (χ0) is 29.6. The molecule has 0 saturated carbocycles. The molecule has 1 saturated heterocycles. The summed E-state index contributed by atoms with van der Waals surface area (Å²) in [5.41, 5.74) is 3.30. The molecule has 0 unspecified atom stereocenters. The van der Waals surface area contributed by atoms with Crippen LogP contribution in [-0.4, -0.2) is 74.8 Å². The first-order valence-electron chi connectivity index (χ1n) is 13.6. The van der Waals surface area contributed by atoms with E-state index in [0.29, 0.717) is 47.9 Å². The third-order valence-electron chi connectivity index (χ3n) is 6.57. The normalized spacial score (nSPS) is 17.0. The maximum atomic E-state index is 13.9. The van der Waals surface area contributed by atoms with Gasteiger partial charge in [0.25, 0.3) is 0 Å². The molecule has 2 amide bonds. The highest BCUT2D eigenvalue weighted by Gasteiger charge is 2.37. The Morgan fingerprint density at radius 3 is 2.62 bits per heavy atom. The number of hydroxylamine groups is 2. The van der Waals surface area contributed by atoms with Crippen LogP contribution in [0.15, 0.2) is 61.1 Å². The Bertz CT molecular complexity index is 1500. The van der Waals surface area contributed by atoms with E-state index < -0.39 is 24.1 Å². The van der Waals surface area contributed by atoms with Crippen molar-refractivity contribution in [1.29, 1.82) is 0 Å². The fraction of sp³-hybridized carbons (Fsp3) is 0.345. The summed E-state index contributed by atoms with van der Waals surface area (Å²) in [6, 6.07) is 11.7. The number of amides is 2. The number of methoxy groups -OCH3 is 1. The minimum absolute atomic E-state index is 0.0568. The van der Waals surface area contributed by atoms with Crippen LogP contribution in [0.5, 0.6) is 6.01 Å². The summed E-state index contributed by atoms with van der Waals surface area (Å²) in [5, 5.41) is 12.5. The van der Waals surface area contributed by atoms with Crippen molar-refractivity contribution >= 4 is 11.8 Å². The highest BCUT2D eigenvalue weighted by Crippen LogP contribution is 2.32. The number of nitrogens with one attached hydrogen (secondary N) is 2. The number of pyridine rings is 1. The van der Waals surface area contributed by atoms with Crippen LogP contribution in [0.1, 0.15) is 31.1 Å². The number of carbonyl (C=O) groups is 1. The van der Waals surface area contributed by atoms with Crippen molar-refractivity contribution in [3.05, 3.63) is 78.1 Å². The molecule has 220 valence electrons. The molecule has 3 aromatic heterocycles. The predicted octanol–water partition coefficient (Wildman–Crippen LogP) is 4.08. The summed E-state index contributed by atoms with van der Waals surface area (Å²) in [5.74, 6) is -0.157. The highest BCUT2D eigenvalue weighted by atomic mass is 19.1. The molecule has 4 heterocycles. The SMILES string of the molecule is COCCN1C[C@@H](NC(=O)Nc2c(C)c(-c3cnc(OC(C)C)nc3)nn2-c2ccccc2)[C@H](c2ccnc(F)c2)O1. The summed E-state index contributed by atoms with van der Waals surface area (Å²) < 4.78 is 26.3. The number of benzene rings is 1. The van der Waals surface area contributed by atoms with Crippen LogP contribution in [-0.2, 0) is 9.57 Å². The van der Waals surface area contributed by atoms with Gasteiger partial charge < -0.3 is 14.8 Å². The number of urea groups is 1. The third kappa shape index (κ3) is 6.70. The number of halogens is 1. The quantitative estimate of drug-likeness (QED) is 0.268. The maximum absolute atomic E-state index is 13.9. The smallest absolute Gasteiger partial charge is 0.320 e. The van der Waals surface area contributed by atoms with Gasteiger partial charge in [0, 0.05) is 49.9 Å². The maximum Gasteiger partial charge on any atom is 0.320 e. The highest BCUT2D eigenvalue weighted by molar-refractivity contribution is 5.91. The van der Waals surface area contributed by atoms with E-state index in [0.717, 1.165) is 5.69 Å². The standard InChI is InChI=1S/C29H33FN8O4/c1-18(2)41-29-32-15-21(16-33-29)25-19(3)27(38(36-25)22-8-6-5-7-9-22)35-28(39)34-23-17-37(12-13-40-4)42-26(23)20-10-11-31-24(30)14-20/h5-11,14-16,18,23,26H,12-13,17H2,1-4H3,(H2,34,35,39)/t23-,26+/m1/s1. The van der Waals surface area contributed by atoms with E-state index in [1.165, 1.54) is 12.3 Å². The lowest BCUT2D eigenvalue weighted by Crippen LogP contribution is -2.42. The van der Waals surface area contributed by atoms with Crippen molar-refractivity contribution in [2.45, 2.75) is 39.0 Å². The first-order chi connectivity index (χ1) is 20.3. The van der Waals surface area contributed by atoms with Gasteiger partial charge in [-0.1, -0.05) is 18.2 Å². The Morgan fingerprint density at radius 1 is 1.17 bits per heavy atom. The van der Waals surface area contributed by atoms with Crippen LogP contribution in [0.3, 0.4) is 0 Å². The Balaban J connectivity index is 1.41. The van der Waals surface area contributed by atoms with Crippen molar-refractivity contribution in [2.24, 2.45) is 0 Å². The monoisotopic (exact) mass is 576 g/mol. The number of carbonyl (C=O) groups excluding carboxylic acids is 1. The lowest BCUT2D eigenvalue weighted by molar-refractivity contribution is -0.154. The lowest BCUT2D eigenvalue weighted by atomic mass is 10.0. The minimum Gasteiger partial charge on any atom is -0.461 e. The summed E-state index contributed by atoms with van der Waals surface area (Å²) in [7, 11) is 1.60. The topological polar surface area (TPSA) is 129 Å². The zero-order valence-corrected chi connectivity index (χ0v) is 23.8. The van der Waals surface area contributed by atoms with Gasteiger partial charge in [-0.15, -0.1) is 0 Å². The molecule has 0 spiro atoms. The molecule has 12 nitrogen and oxygen atoms in total. The van der Waals surface area contributed by atoms with E-state index in [2.05, 4.69) is 25.6 Å². The van der Waals surface area contributed by atoms with Gasteiger partial charge in [-0.2, -0.15) is 14.6 Å². The molecule has 5 rings (SSSR count). The minimum atomic E-state index is -0.627. The van der Waals surface area contributed by atoms with E-state index in [1.54, 1.807) is 35.3 Å². The van der Waals surface area contributed by atoms with Crippen LogP contribution in [0.25, 0.3) is 16.9 Å². The van der Waals surface area contributed by atoms with Crippen molar-refractivity contribution in [3.63, 3.8) is 0 Å². The molecule has 0 aliphatic carbocycles. The van der Waals surface area contributed by atoms with Crippen molar-refractivity contribution in [1.82, 2.24) is 35.1 Å². The van der Waals surface area contributed by atoms with E-state index in [1.807, 2.05) is 51.1 Å². The van der Waals surface area contributed by atoms with Gasteiger partial charge in [-0.3, -0.25) is 10.2 Å². The Morgan fingerprint density at radius 2 is 1.93 bits per heavy atom. The predicted molar refractivity (Wildman–Crippen MR) is 153 cm³/mol. The number of aromatic nitrogens is 5. The molecule has 13 heteroatoms. The molecule has 1 aliphatic heterocycles. The molecule has 0 radical (unpaired) electrons. The molecule has 1 fully saturated rings. The number of anilines is 1. The molecule has 0 bridgehead atoms. The fourth-order valence-corrected chi connectivity index (χ4v) is 4.63. The molecule has 1 aliphatic rings. The van der Waals surface area contributed by atoms with Gasteiger partial charge in [-0.05, 0) is 50.6 Å². The average molecular weight is 577 g/mol. The van der Waals surface area contributed by atoms with Gasteiger partial charge in [0.2, 0.25) is 5.95 Å². The van der Waals surface area contributed by atoms with Crippen molar-refractivity contribution in [2.75, 3.05) is 32.1 Å². The van der Waals surface area contributed by atoms with Gasteiger partial charge in [0.15, 0.2) is 0 Å². The summed E-state index contributed by atoms with van der Waals surface area (Å²) in [6.07, 6.45) is 3.98. The molecule has 2 atom stereocenters. The van der Waals surface area contributed by atoms with E-state index >= 15 is 0 Å². The fourth-order valence-electron chi connectivity index (χ4n) is 4.63. The Labute approximate surface area is 242 Å². The van der Waals surface area contributed by atoms with Gasteiger partial charge in [0.05, 0.1) is 24.4 Å². The summed E-state index contributed by atoms with van der Waals surface area (Å²) in [6.45, 7) is 6.95. The van der Waals surface area contributed by atoms with Crippen molar-refractivity contribution < 1.29 is 23.5 Å². The lowest BCUT2D eigenvalue weighted by Gasteiger charge is -2.19. The second kappa shape index (κ2) is 13.0. The first-order valence-corrected chi connectivity index (χ1v) is 13.6. The van der Waals surface area contributed by atoms with E-state index in [4.69, 9.17) is 19.4 Å². The van der Waals surface area contributed by atoms with E-state index in [9.17, 15) is 9.18 Å². The Hall–Kier alpha value is -4.46. The van der Waals surface area contributed by atoms with Crippen LogP contribution >= 0.6 is 0 Å². The summed E-state index contributed by atoms with van der Waals surface area (Å²) >= 11 is 0. The molecule has 2 N–H and O–H groups in total. The molecular formula is C29H33FN8O4. The molecule has 42 heavy (non-hydrogen) atoms. The first kappa shape index (κ1) is 29.0. The van der Waals surface area contributed by atoms with Crippen LogP contribution in [0.2, 0.25) is 0 Å². The number of hydrogen-bond acceptors (Lipinski definition) is 9. The zero-order valence-electron chi connectivity index (χ0n) is 23.8. The van der Waals surface area contributed by atoms with Crippen LogP contribution in [0, 0.1) is 12.9 Å². The molecule has 1 aromatic carbocycles.